The Morgan fingerprint density at radius 3 is 2.37 bits per heavy atom. The molecular weight excluding hydrogens is 283 g/mol. The van der Waals surface area contributed by atoms with Gasteiger partial charge in [-0.1, -0.05) is 30.1 Å². The molecular formula is C14H16Cl2N2O. The molecule has 0 saturated carbocycles. The first-order chi connectivity index (χ1) is 8.99. The van der Waals surface area contributed by atoms with Crippen LogP contribution in [0.5, 0.6) is 0 Å². The minimum Gasteiger partial charge on any atom is -0.388 e. The van der Waals surface area contributed by atoms with Crippen molar-refractivity contribution in [2.24, 2.45) is 7.05 Å². The third-order valence-electron chi connectivity index (χ3n) is 3.06. The van der Waals surface area contributed by atoms with Crippen LogP contribution in [0.4, 0.5) is 0 Å². The van der Waals surface area contributed by atoms with Crippen LogP contribution in [-0.2, 0) is 19.9 Å². The van der Waals surface area contributed by atoms with Crippen molar-refractivity contribution in [3.63, 3.8) is 0 Å². The number of hydrogen-bond acceptors (Lipinski definition) is 2. The highest BCUT2D eigenvalue weighted by Gasteiger charge is 2.13. The summed E-state index contributed by atoms with van der Waals surface area (Å²) in [6.45, 7) is 2.05. The van der Waals surface area contributed by atoms with Gasteiger partial charge >= 0.3 is 0 Å². The fourth-order valence-electron chi connectivity index (χ4n) is 2.02. The van der Waals surface area contributed by atoms with Crippen molar-refractivity contribution in [2.75, 3.05) is 0 Å². The van der Waals surface area contributed by atoms with Gasteiger partial charge in [0.2, 0.25) is 0 Å². The summed E-state index contributed by atoms with van der Waals surface area (Å²) in [5, 5.41) is 15.7. The molecule has 0 bridgehead atoms. The molecule has 0 aliphatic rings. The number of aliphatic hydroxyl groups excluding tert-OH is 1. The first-order valence-corrected chi connectivity index (χ1v) is 6.91. The van der Waals surface area contributed by atoms with Crippen LogP contribution >= 0.6 is 23.2 Å². The second kappa shape index (κ2) is 5.95. The first-order valence-electron chi connectivity index (χ1n) is 6.15. The van der Waals surface area contributed by atoms with Gasteiger partial charge in [0.15, 0.2) is 0 Å². The lowest BCUT2D eigenvalue weighted by Gasteiger charge is -2.12. The second-order valence-corrected chi connectivity index (χ2v) is 5.40. The molecule has 0 spiro atoms. The molecule has 2 aromatic rings. The Morgan fingerprint density at radius 1 is 1.21 bits per heavy atom. The summed E-state index contributed by atoms with van der Waals surface area (Å²) >= 11 is 11.9. The molecule has 0 aliphatic heterocycles. The molecule has 2 rings (SSSR count). The van der Waals surface area contributed by atoms with Crippen molar-refractivity contribution in [3.05, 3.63) is 51.3 Å². The van der Waals surface area contributed by atoms with Crippen LogP contribution in [0.25, 0.3) is 0 Å². The van der Waals surface area contributed by atoms with Crippen molar-refractivity contribution in [3.8, 4) is 0 Å². The molecule has 19 heavy (non-hydrogen) atoms. The third kappa shape index (κ3) is 3.50. The summed E-state index contributed by atoms with van der Waals surface area (Å²) in [6, 6.07) is 7.12. The van der Waals surface area contributed by atoms with E-state index in [9.17, 15) is 5.11 Å². The molecule has 0 saturated heterocycles. The average molecular weight is 299 g/mol. The molecule has 5 heteroatoms. The Balaban J connectivity index is 2.20. The van der Waals surface area contributed by atoms with Crippen LogP contribution in [0.3, 0.4) is 0 Å². The summed E-state index contributed by atoms with van der Waals surface area (Å²) in [6.07, 6.45) is 0.726. The molecule has 1 N–H and O–H groups in total. The lowest BCUT2D eigenvalue weighted by molar-refractivity contribution is 0.176. The van der Waals surface area contributed by atoms with Gasteiger partial charge in [0, 0.05) is 29.2 Å². The molecule has 1 aromatic carbocycles. The first kappa shape index (κ1) is 14.4. The van der Waals surface area contributed by atoms with E-state index in [-0.39, 0.29) is 0 Å². The summed E-state index contributed by atoms with van der Waals surface area (Å²) in [5.74, 6) is 0. The van der Waals surface area contributed by atoms with Gasteiger partial charge in [-0.2, -0.15) is 5.10 Å². The lowest BCUT2D eigenvalue weighted by Crippen LogP contribution is -2.06. The fourth-order valence-corrected chi connectivity index (χ4v) is 2.56. The van der Waals surface area contributed by atoms with Crippen LogP contribution in [-0.4, -0.2) is 14.9 Å². The molecule has 1 aromatic heterocycles. The fraction of sp³-hybridized carbons (Fsp3) is 0.357. The van der Waals surface area contributed by atoms with Gasteiger partial charge in [-0.25, -0.2) is 0 Å². The number of aryl methyl sites for hydroxylation is 2. The molecule has 1 atom stereocenters. The van der Waals surface area contributed by atoms with Crippen molar-refractivity contribution in [1.29, 1.82) is 0 Å². The van der Waals surface area contributed by atoms with Crippen LogP contribution in [0.2, 0.25) is 10.0 Å². The van der Waals surface area contributed by atoms with E-state index in [1.807, 2.05) is 13.1 Å². The van der Waals surface area contributed by atoms with Gasteiger partial charge in [0.25, 0.3) is 0 Å². The predicted octanol–water partition coefficient (Wildman–Crippen LogP) is 3.57. The summed E-state index contributed by atoms with van der Waals surface area (Å²) in [5.41, 5.74) is 2.73. The number of benzene rings is 1. The van der Waals surface area contributed by atoms with Gasteiger partial charge < -0.3 is 5.11 Å². The molecule has 1 heterocycles. The Bertz CT molecular complexity index is 561. The number of hydrogen-bond donors (Lipinski definition) is 1. The van der Waals surface area contributed by atoms with E-state index in [4.69, 9.17) is 23.2 Å². The van der Waals surface area contributed by atoms with Crippen LogP contribution in [0, 0.1) is 0 Å². The Morgan fingerprint density at radius 2 is 1.84 bits per heavy atom. The van der Waals surface area contributed by atoms with Crippen LogP contribution in [0.1, 0.15) is 30.0 Å². The molecule has 102 valence electrons. The van der Waals surface area contributed by atoms with Gasteiger partial charge in [0.05, 0.1) is 11.8 Å². The molecule has 0 amide bonds. The standard InChI is InChI=1S/C14H16Cl2N2O/c1-3-12-7-13(18(2)17-12)8-14(19)9-4-10(15)6-11(16)5-9/h4-7,14,19H,3,8H2,1-2H3. The largest absolute Gasteiger partial charge is 0.388 e. The number of halogens is 2. The van der Waals surface area contributed by atoms with Crippen LogP contribution < -0.4 is 0 Å². The van der Waals surface area contributed by atoms with E-state index in [1.165, 1.54) is 0 Å². The highest BCUT2D eigenvalue weighted by Crippen LogP contribution is 2.25. The number of nitrogens with zero attached hydrogens (tertiary/aromatic N) is 2. The minimum absolute atomic E-state index is 0.486. The monoisotopic (exact) mass is 298 g/mol. The van der Waals surface area contributed by atoms with Crippen molar-refractivity contribution in [1.82, 2.24) is 9.78 Å². The predicted molar refractivity (Wildman–Crippen MR) is 77.7 cm³/mol. The van der Waals surface area contributed by atoms with Crippen LogP contribution in [0.15, 0.2) is 24.3 Å². The molecule has 0 radical (unpaired) electrons. The number of aromatic nitrogens is 2. The lowest BCUT2D eigenvalue weighted by atomic mass is 10.0. The molecule has 1 unspecified atom stereocenters. The van der Waals surface area contributed by atoms with Gasteiger partial charge in [-0.3, -0.25) is 4.68 Å². The minimum atomic E-state index is -0.642. The normalized spacial score (nSPS) is 12.7. The topological polar surface area (TPSA) is 38.0 Å². The Labute approximate surface area is 122 Å². The molecule has 0 fully saturated rings. The van der Waals surface area contributed by atoms with E-state index in [1.54, 1.807) is 22.9 Å². The summed E-state index contributed by atoms with van der Waals surface area (Å²) in [4.78, 5) is 0. The number of aliphatic hydroxyl groups is 1. The second-order valence-electron chi connectivity index (χ2n) is 4.53. The Hall–Kier alpha value is -1.03. The maximum absolute atomic E-state index is 10.3. The van der Waals surface area contributed by atoms with Gasteiger partial charge in [0.1, 0.15) is 0 Å². The maximum Gasteiger partial charge on any atom is 0.0846 e. The summed E-state index contributed by atoms with van der Waals surface area (Å²) in [7, 11) is 1.88. The summed E-state index contributed by atoms with van der Waals surface area (Å²) < 4.78 is 1.80. The zero-order chi connectivity index (χ0) is 14.0. The van der Waals surface area contributed by atoms with E-state index in [0.29, 0.717) is 16.5 Å². The van der Waals surface area contributed by atoms with E-state index < -0.39 is 6.10 Å². The van der Waals surface area contributed by atoms with Crippen molar-refractivity contribution < 1.29 is 5.11 Å². The zero-order valence-electron chi connectivity index (χ0n) is 10.9. The van der Waals surface area contributed by atoms with E-state index in [0.717, 1.165) is 23.4 Å². The SMILES string of the molecule is CCc1cc(CC(O)c2cc(Cl)cc(Cl)c2)n(C)n1. The van der Waals surface area contributed by atoms with Gasteiger partial charge in [-0.15, -0.1) is 0 Å². The molecule has 0 aliphatic carbocycles. The third-order valence-corrected chi connectivity index (χ3v) is 3.50. The van der Waals surface area contributed by atoms with E-state index >= 15 is 0 Å². The quantitative estimate of drug-likeness (QED) is 0.937. The van der Waals surface area contributed by atoms with Crippen molar-refractivity contribution >= 4 is 23.2 Å². The number of rotatable bonds is 4. The van der Waals surface area contributed by atoms with E-state index in [2.05, 4.69) is 12.0 Å². The van der Waals surface area contributed by atoms with Crippen molar-refractivity contribution in [2.45, 2.75) is 25.9 Å². The average Bonchev–Trinajstić information content (AvgIpc) is 2.69. The zero-order valence-corrected chi connectivity index (χ0v) is 12.4. The smallest absolute Gasteiger partial charge is 0.0846 e. The highest BCUT2D eigenvalue weighted by molar-refractivity contribution is 6.34. The highest BCUT2D eigenvalue weighted by atomic mass is 35.5. The molecule has 3 nitrogen and oxygen atoms in total. The Kier molecular flexibility index (Phi) is 4.50. The van der Waals surface area contributed by atoms with Gasteiger partial charge in [-0.05, 0) is 36.2 Å². The maximum atomic E-state index is 10.3.